The van der Waals surface area contributed by atoms with Gasteiger partial charge in [0.05, 0.1) is 12.1 Å². The molecule has 26 heavy (non-hydrogen) atoms. The Kier molecular flexibility index (Phi) is 8.34. The zero-order chi connectivity index (χ0) is 18.4. The summed E-state index contributed by atoms with van der Waals surface area (Å²) in [6, 6.07) is 13.7. The van der Waals surface area contributed by atoms with Gasteiger partial charge in [-0.15, -0.1) is 0 Å². The van der Waals surface area contributed by atoms with Crippen LogP contribution in [-0.4, -0.2) is 30.1 Å². The first-order valence-electron chi connectivity index (χ1n) is 8.13. The minimum absolute atomic E-state index is 0. The van der Waals surface area contributed by atoms with E-state index in [0.29, 0.717) is 24.5 Å². The Balaban J connectivity index is 0.00000338. The quantitative estimate of drug-likeness (QED) is 0.581. The number of carbonyl (C=O) groups excluding carboxylic acids is 1. The Morgan fingerprint density at radius 1 is 1.08 bits per heavy atom. The molecule has 0 unspecified atom stereocenters. The second kappa shape index (κ2) is 9.76. The van der Waals surface area contributed by atoms with Gasteiger partial charge >= 0.3 is 35.5 Å². The molecule has 1 amide bonds. The fourth-order valence-corrected chi connectivity index (χ4v) is 2.46. The zero-order valence-corrected chi connectivity index (χ0v) is 17.7. The van der Waals surface area contributed by atoms with Crippen molar-refractivity contribution in [3.8, 4) is 5.75 Å². The largest absolute Gasteiger partial charge is 1.00 e. The summed E-state index contributed by atoms with van der Waals surface area (Å²) in [5, 5.41) is 11.7. The van der Waals surface area contributed by atoms with Crippen molar-refractivity contribution >= 4 is 11.9 Å². The number of aromatic carboxylic acids is 1. The van der Waals surface area contributed by atoms with E-state index >= 15 is 0 Å². The molecular formula is C20H24NNaO4. The second-order valence-electron chi connectivity index (χ2n) is 6.73. The Labute approximate surface area is 177 Å². The van der Waals surface area contributed by atoms with E-state index in [4.69, 9.17) is 9.84 Å². The van der Waals surface area contributed by atoms with Gasteiger partial charge in [-0.3, -0.25) is 4.79 Å². The van der Waals surface area contributed by atoms with Crippen LogP contribution in [0.25, 0.3) is 0 Å². The van der Waals surface area contributed by atoms with Crippen LogP contribution in [0.3, 0.4) is 0 Å². The molecule has 2 rings (SSSR count). The predicted molar refractivity (Wildman–Crippen MR) is 97.5 cm³/mol. The van der Waals surface area contributed by atoms with Gasteiger partial charge in [0.25, 0.3) is 5.91 Å². The maximum Gasteiger partial charge on any atom is 1.00 e. The minimum atomic E-state index is -0.976. The van der Waals surface area contributed by atoms with E-state index in [1.807, 2.05) is 24.3 Å². The van der Waals surface area contributed by atoms with Crippen LogP contribution in [0.1, 0.15) is 48.5 Å². The summed E-state index contributed by atoms with van der Waals surface area (Å²) in [6.45, 7) is 6.88. The van der Waals surface area contributed by atoms with Crippen molar-refractivity contribution in [2.45, 2.75) is 26.2 Å². The van der Waals surface area contributed by atoms with Crippen molar-refractivity contribution < 1.29 is 50.4 Å². The van der Waals surface area contributed by atoms with E-state index < -0.39 is 5.97 Å². The van der Waals surface area contributed by atoms with E-state index in [0.717, 1.165) is 5.56 Å². The summed E-state index contributed by atoms with van der Waals surface area (Å²) in [7, 11) is 0. The van der Waals surface area contributed by atoms with Gasteiger partial charge in [0.2, 0.25) is 0 Å². The molecule has 0 aliphatic rings. The fraction of sp³-hybridized carbons (Fsp3) is 0.300. The molecule has 0 radical (unpaired) electrons. The van der Waals surface area contributed by atoms with Gasteiger partial charge in [0.15, 0.2) is 0 Å². The third kappa shape index (κ3) is 6.16. The molecule has 0 saturated heterocycles. The normalized spacial score (nSPS) is 10.6. The number of amides is 1. The topological polar surface area (TPSA) is 75.6 Å². The van der Waals surface area contributed by atoms with Gasteiger partial charge in [0, 0.05) is 5.56 Å². The zero-order valence-electron chi connectivity index (χ0n) is 16.7. The Hall–Kier alpha value is -1.82. The van der Waals surface area contributed by atoms with Crippen molar-refractivity contribution in [2.24, 2.45) is 0 Å². The molecule has 134 valence electrons. The molecule has 2 N–H and O–H groups in total. The van der Waals surface area contributed by atoms with Gasteiger partial charge in [-0.1, -0.05) is 39.0 Å². The maximum atomic E-state index is 12.4. The van der Waals surface area contributed by atoms with Gasteiger partial charge in [0.1, 0.15) is 12.4 Å². The molecule has 0 atom stereocenters. The SMILES string of the molecule is CC(C)(C)c1ccccc1C(=O)NCCOc1ccc(C(=O)O)cc1.[H-].[Na+]. The van der Waals surface area contributed by atoms with Crippen molar-refractivity contribution in [2.75, 3.05) is 13.2 Å². The molecule has 0 aliphatic carbocycles. The number of nitrogens with one attached hydrogen (secondary N) is 1. The van der Waals surface area contributed by atoms with Gasteiger partial charge in [-0.25, -0.2) is 4.79 Å². The van der Waals surface area contributed by atoms with E-state index in [-0.39, 0.29) is 47.9 Å². The molecule has 0 aromatic heterocycles. The fourth-order valence-electron chi connectivity index (χ4n) is 2.46. The summed E-state index contributed by atoms with van der Waals surface area (Å²) in [4.78, 5) is 23.2. The molecule has 0 spiro atoms. The van der Waals surface area contributed by atoms with E-state index in [9.17, 15) is 9.59 Å². The number of ether oxygens (including phenoxy) is 1. The maximum absolute atomic E-state index is 12.4. The summed E-state index contributed by atoms with van der Waals surface area (Å²) in [6.07, 6.45) is 0. The van der Waals surface area contributed by atoms with Gasteiger partial charge in [-0.2, -0.15) is 0 Å². The van der Waals surface area contributed by atoms with E-state index in [1.54, 1.807) is 12.1 Å². The molecule has 2 aromatic carbocycles. The van der Waals surface area contributed by atoms with Crippen LogP contribution in [0, 0.1) is 0 Å². The number of hydrogen-bond acceptors (Lipinski definition) is 3. The average molecular weight is 365 g/mol. The van der Waals surface area contributed by atoms with Crippen LogP contribution in [0.15, 0.2) is 48.5 Å². The number of carboxylic acids is 1. The first kappa shape index (κ1) is 22.2. The first-order valence-corrected chi connectivity index (χ1v) is 8.13. The van der Waals surface area contributed by atoms with Crippen LogP contribution in [-0.2, 0) is 5.41 Å². The Morgan fingerprint density at radius 2 is 1.69 bits per heavy atom. The average Bonchev–Trinajstić information content (AvgIpc) is 2.58. The number of hydrogen-bond donors (Lipinski definition) is 2. The molecule has 0 heterocycles. The van der Waals surface area contributed by atoms with Crippen LogP contribution in [0.4, 0.5) is 0 Å². The molecule has 2 aromatic rings. The minimum Gasteiger partial charge on any atom is -1.00 e. The number of benzene rings is 2. The Bertz CT molecular complexity index is 757. The van der Waals surface area contributed by atoms with Crippen LogP contribution >= 0.6 is 0 Å². The molecular weight excluding hydrogens is 341 g/mol. The van der Waals surface area contributed by atoms with Crippen molar-refractivity contribution in [1.82, 2.24) is 5.32 Å². The number of carboxylic acid groups (broad SMARTS) is 1. The molecule has 0 fully saturated rings. The van der Waals surface area contributed by atoms with Crippen LogP contribution < -0.4 is 39.6 Å². The predicted octanol–water partition coefficient (Wildman–Crippen LogP) is 0.608. The smallest absolute Gasteiger partial charge is 1.00 e. The molecule has 0 bridgehead atoms. The summed E-state index contributed by atoms with van der Waals surface area (Å²) >= 11 is 0. The molecule has 5 nitrogen and oxygen atoms in total. The molecule has 6 heteroatoms. The number of carbonyl (C=O) groups is 2. The monoisotopic (exact) mass is 365 g/mol. The third-order valence-corrected chi connectivity index (χ3v) is 3.74. The van der Waals surface area contributed by atoms with Crippen LogP contribution in [0.2, 0.25) is 0 Å². The van der Waals surface area contributed by atoms with Gasteiger partial charge < -0.3 is 16.6 Å². The standard InChI is InChI=1S/C20H23NO4.Na.H/c1-20(2,3)17-7-5-4-6-16(17)18(22)21-12-13-25-15-10-8-14(9-11-15)19(23)24;;/h4-11H,12-13H2,1-3H3,(H,21,22)(H,23,24);;/q;+1;-1. The van der Waals surface area contributed by atoms with Crippen LogP contribution in [0.5, 0.6) is 5.75 Å². The third-order valence-electron chi connectivity index (χ3n) is 3.74. The second-order valence-corrected chi connectivity index (χ2v) is 6.73. The first-order chi connectivity index (χ1) is 11.8. The van der Waals surface area contributed by atoms with Crippen molar-refractivity contribution in [1.29, 1.82) is 0 Å². The summed E-state index contributed by atoms with van der Waals surface area (Å²) < 4.78 is 5.52. The van der Waals surface area contributed by atoms with E-state index in [1.165, 1.54) is 12.1 Å². The van der Waals surface area contributed by atoms with E-state index in [2.05, 4.69) is 26.1 Å². The summed E-state index contributed by atoms with van der Waals surface area (Å²) in [5.41, 5.74) is 1.76. The Morgan fingerprint density at radius 3 is 2.27 bits per heavy atom. The molecule has 0 aliphatic heterocycles. The molecule has 0 saturated carbocycles. The number of rotatable bonds is 6. The van der Waals surface area contributed by atoms with Gasteiger partial charge in [-0.05, 0) is 41.3 Å². The summed E-state index contributed by atoms with van der Waals surface area (Å²) in [5.74, 6) is -0.541. The van der Waals surface area contributed by atoms with Crippen molar-refractivity contribution in [3.63, 3.8) is 0 Å². The van der Waals surface area contributed by atoms with Crippen molar-refractivity contribution in [3.05, 3.63) is 65.2 Å².